The molecule has 1 amide bonds. The molecule has 0 heterocycles. The van der Waals surface area contributed by atoms with E-state index >= 15 is 0 Å². The second-order valence-corrected chi connectivity index (χ2v) is 5.40. The molecule has 0 aliphatic heterocycles. The highest BCUT2D eigenvalue weighted by Gasteiger charge is 2.22. The molecule has 2 rings (SSSR count). The molecule has 1 atom stereocenters. The van der Waals surface area contributed by atoms with E-state index in [4.69, 9.17) is 0 Å². The first-order valence-electron chi connectivity index (χ1n) is 7.12. The molecular weight excluding hydrogens is 276 g/mol. The van der Waals surface area contributed by atoms with Crippen molar-refractivity contribution in [2.24, 2.45) is 0 Å². The number of ketones is 1. The quantitative estimate of drug-likeness (QED) is 0.862. The van der Waals surface area contributed by atoms with Gasteiger partial charge in [-0.25, -0.2) is 0 Å². The number of carbonyl (C=O) groups excluding carboxylic acids is 2. The number of nitrogens with one attached hydrogen (secondary N) is 1. The first-order valence-corrected chi connectivity index (χ1v) is 7.12. The van der Waals surface area contributed by atoms with Gasteiger partial charge in [0.25, 0.3) is 0 Å². The summed E-state index contributed by atoms with van der Waals surface area (Å²) in [5, 5.41) is 2.90. The average Bonchev–Trinajstić information content (AvgIpc) is 2.48. The van der Waals surface area contributed by atoms with Gasteiger partial charge in [-0.3, -0.25) is 14.5 Å². The second kappa shape index (κ2) is 7.00. The molecule has 0 saturated heterocycles. The standard InChI is InChI=1S/C18H20N2O2/c1-13(21)14-9-11-16(12-10-14)19-18(22)17(20(2)3)15-7-5-4-6-8-15/h4-12,17H,1-3H3,(H,19,22). The molecule has 0 radical (unpaired) electrons. The molecule has 1 N–H and O–H groups in total. The molecule has 2 aromatic rings. The lowest BCUT2D eigenvalue weighted by Crippen LogP contribution is -2.32. The Kier molecular flexibility index (Phi) is 5.07. The van der Waals surface area contributed by atoms with Gasteiger partial charge in [-0.05, 0) is 50.8 Å². The molecule has 2 aromatic carbocycles. The Morgan fingerprint density at radius 3 is 2.05 bits per heavy atom. The SMILES string of the molecule is CC(=O)c1ccc(NC(=O)C(c2ccccc2)N(C)C)cc1. The second-order valence-electron chi connectivity index (χ2n) is 5.40. The number of amides is 1. The van der Waals surface area contributed by atoms with Crippen LogP contribution in [0.3, 0.4) is 0 Å². The molecule has 4 heteroatoms. The van der Waals surface area contributed by atoms with Crippen molar-refractivity contribution >= 4 is 17.4 Å². The van der Waals surface area contributed by atoms with Gasteiger partial charge >= 0.3 is 0 Å². The highest BCUT2D eigenvalue weighted by Crippen LogP contribution is 2.20. The lowest BCUT2D eigenvalue weighted by atomic mass is 10.1. The van der Waals surface area contributed by atoms with Gasteiger partial charge in [-0.15, -0.1) is 0 Å². The summed E-state index contributed by atoms with van der Waals surface area (Å²) in [4.78, 5) is 25.7. The largest absolute Gasteiger partial charge is 0.324 e. The third kappa shape index (κ3) is 3.80. The summed E-state index contributed by atoms with van der Waals surface area (Å²) in [5.41, 5.74) is 2.24. The van der Waals surface area contributed by atoms with Crippen LogP contribution in [0.4, 0.5) is 5.69 Å². The summed E-state index contributed by atoms with van der Waals surface area (Å²) < 4.78 is 0. The van der Waals surface area contributed by atoms with Crippen LogP contribution in [0.1, 0.15) is 28.9 Å². The van der Waals surface area contributed by atoms with Gasteiger partial charge in [0.05, 0.1) is 0 Å². The molecule has 0 saturated carbocycles. The van der Waals surface area contributed by atoms with Crippen molar-refractivity contribution in [1.29, 1.82) is 0 Å². The van der Waals surface area contributed by atoms with E-state index in [2.05, 4.69) is 5.32 Å². The number of nitrogens with zero attached hydrogens (tertiary/aromatic N) is 1. The average molecular weight is 296 g/mol. The summed E-state index contributed by atoms with van der Waals surface area (Å²) in [7, 11) is 3.74. The van der Waals surface area contributed by atoms with Crippen LogP contribution in [-0.2, 0) is 4.79 Å². The number of likely N-dealkylation sites (N-methyl/N-ethyl adjacent to an activating group) is 1. The van der Waals surface area contributed by atoms with Crippen LogP contribution in [0.15, 0.2) is 54.6 Å². The van der Waals surface area contributed by atoms with Gasteiger partial charge in [0.2, 0.25) is 5.91 Å². The Hall–Kier alpha value is -2.46. The zero-order chi connectivity index (χ0) is 16.1. The molecule has 22 heavy (non-hydrogen) atoms. The number of Topliss-reactive ketones (excluding diaryl/α,β-unsaturated/α-hetero) is 1. The first-order chi connectivity index (χ1) is 10.5. The Balaban J connectivity index is 2.16. The minimum absolute atomic E-state index is 0.00771. The van der Waals surface area contributed by atoms with E-state index in [1.54, 1.807) is 24.3 Å². The first kappa shape index (κ1) is 15.9. The van der Waals surface area contributed by atoms with E-state index in [9.17, 15) is 9.59 Å². The smallest absolute Gasteiger partial charge is 0.246 e. The van der Waals surface area contributed by atoms with Crippen molar-refractivity contribution in [1.82, 2.24) is 4.90 Å². The van der Waals surface area contributed by atoms with Gasteiger partial charge in [0.1, 0.15) is 6.04 Å². The Bertz CT molecular complexity index is 649. The fourth-order valence-corrected chi connectivity index (χ4v) is 2.32. The van der Waals surface area contributed by atoms with Crippen molar-refractivity contribution < 1.29 is 9.59 Å². The van der Waals surface area contributed by atoms with Crippen LogP contribution in [0.5, 0.6) is 0 Å². The van der Waals surface area contributed by atoms with E-state index in [1.165, 1.54) is 6.92 Å². The maximum Gasteiger partial charge on any atom is 0.246 e. The zero-order valence-electron chi connectivity index (χ0n) is 13.0. The lowest BCUT2D eigenvalue weighted by molar-refractivity contribution is -0.120. The third-order valence-corrected chi connectivity index (χ3v) is 3.44. The van der Waals surface area contributed by atoms with Gasteiger partial charge < -0.3 is 5.32 Å². The Morgan fingerprint density at radius 2 is 1.55 bits per heavy atom. The molecule has 0 bridgehead atoms. The topological polar surface area (TPSA) is 49.4 Å². The van der Waals surface area contributed by atoms with Crippen LogP contribution in [0.2, 0.25) is 0 Å². The highest BCUT2D eigenvalue weighted by atomic mass is 16.2. The molecule has 0 spiro atoms. The number of carbonyl (C=O) groups is 2. The summed E-state index contributed by atoms with van der Waals surface area (Å²) in [5.74, 6) is -0.0971. The van der Waals surface area contributed by atoms with Crippen molar-refractivity contribution in [3.05, 3.63) is 65.7 Å². The van der Waals surface area contributed by atoms with Crippen molar-refractivity contribution in [2.45, 2.75) is 13.0 Å². The normalized spacial score (nSPS) is 12.0. The zero-order valence-corrected chi connectivity index (χ0v) is 13.0. The molecule has 0 aromatic heterocycles. The summed E-state index contributed by atoms with van der Waals surface area (Å²) in [6.07, 6.45) is 0. The van der Waals surface area contributed by atoms with E-state index in [0.717, 1.165) is 5.56 Å². The summed E-state index contributed by atoms with van der Waals surface area (Å²) in [6.45, 7) is 1.52. The maximum atomic E-state index is 12.6. The molecule has 1 unspecified atom stereocenters. The van der Waals surface area contributed by atoms with E-state index in [-0.39, 0.29) is 17.7 Å². The summed E-state index contributed by atoms with van der Waals surface area (Å²) in [6, 6.07) is 16.2. The fraction of sp³-hybridized carbons (Fsp3) is 0.222. The molecule has 0 fully saturated rings. The predicted molar refractivity (Wildman–Crippen MR) is 87.9 cm³/mol. The van der Waals surface area contributed by atoms with E-state index in [1.807, 2.05) is 49.3 Å². The summed E-state index contributed by atoms with van der Waals surface area (Å²) >= 11 is 0. The fourth-order valence-electron chi connectivity index (χ4n) is 2.32. The predicted octanol–water partition coefficient (Wildman–Crippen LogP) is 3.13. The van der Waals surface area contributed by atoms with Crippen LogP contribution in [-0.4, -0.2) is 30.7 Å². The molecule has 0 aliphatic carbocycles. The monoisotopic (exact) mass is 296 g/mol. The van der Waals surface area contributed by atoms with Crippen LogP contribution in [0, 0.1) is 0 Å². The minimum Gasteiger partial charge on any atom is -0.324 e. The van der Waals surface area contributed by atoms with Crippen molar-refractivity contribution in [3.63, 3.8) is 0 Å². The van der Waals surface area contributed by atoms with Crippen LogP contribution in [0.25, 0.3) is 0 Å². The van der Waals surface area contributed by atoms with Gasteiger partial charge in [0, 0.05) is 11.3 Å². The Morgan fingerprint density at radius 1 is 0.955 bits per heavy atom. The van der Waals surface area contributed by atoms with Crippen LogP contribution >= 0.6 is 0 Å². The third-order valence-electron chi connectivity index (χ3n) is 3.44. The van der Waals surface area contributed by atoms with Crippen LogP contribution < -0.4 is 5.32 Å². The molecule has 114 valence electrons. The van der Waals surface area contributed by atoms with Crippen molar-refractivity contribution in [3.8, 4) is 0 Å². The maximum absolute atomic E-state index is 12.6. The number of hydrogen-bond donors (Lipinski definition) is 1. The number of rotatable bonds is 5. The van der Waals surface area contributed by atoms with Gasteiger partial charge in [-0.2, -0.15) is 0 Å². The molecule has 4 nitrogen and oxygen atoms in total. The number of hydrogen-bond acceptors (Lipinski definition) is 3. The van der Waals surface area contributed by atoms with E-state index in [0.29, 0.717) is 11.3 Å². The highest BCUT2D eigenvalue weighted by molar-refractivity contribution is 5.97. The number of benzene rings is 2. The molecule has 0 aliphatic rings. The number of anilines is 1. The lowest BCUT2D eigenvalue weighted by Gasteiger charge is -2.23. The minimum atomic E-state index is -0.367. The molecular formula is C18H20N2O2. The van der Waals surface area contributed by atoms with E-state index < -0.39 is 0 Å². The van der Waals surface area contributed by atoms with Gasteiger partial charge in [-0.1, -0.05) is 30.3 Å². The van der Waals surface area contributed by atoms with Crippen molar-refractivity contribution in [2.75, 3.05) is 19.4 Å². The Labute approximate surface area is 130 Å². The van der Waals surface area contributed by atoms with Gasteiger partial charge in [0.15, 0.2) is 5.78 Å².